The molecule has 51 heavy (non-hydrogen) atoms. The minimum Gasteiger partial charge on any atom is -0.469 e. The van der Waals surface area contributed by atoms with Crippen molar-refractivity contribution in [3.05, 3.63) is 75.4 Å². The van der Waals surface area contributed by atoms with Gasteiger partial charge in [-0.15, -0.1) is 15.3 Å². The van der Waals surface area contributed by atoms with Gasteiger partial charge < -0.3 is 51.2 Å². The van der Waals surface area contributed by atoms with Gasteiger partial charge in [-0.3, -0.25) is 9.97 Å². The molecule has 6 N–H and O–H groups in total. The van der Waals surface area contributed by atoms with Crippen molar-refractivity contribution in [2.24, 2.45) is 0 Å². The topological polar surface area (TPSA) is 247 Å². The van der Waals surface area contributed by atoms with Crippen LogP contribution >= 0.6 is 0 Å². The molecule has 0 unspecified atom stereocenters. The van der Waals surface area contributed by atoms with Gasteiger partial charge in [0.25, 0.3) is 0 Å². The Morgan fingerprint density at radius 2 is 0.980 bits per heavy atom. The quantitative estimate of drug-likeness (QED) is 0.170. The van der Waals surface area contributed by atoms with Crippen molar-refractivity contribution in [2.45, 2.75) is 41.5 Å². The van der Waals surface area contributed by atoms with Crippen molar-refractivity contribution in [3.8, 4) is 0 Å². The Bertz CT molecular complexity index is 2160. The molecule has 0 amide bonds. The number of anilines is 3. The zero-order valence-electron chi connectivity index (χ0n) is 28.6. The van der Waals surface area contributed by atoms with Gasteiger partial charge in [0.1, 0.15) is 23.6 Å². The predicted molar refractivity (Wildman–Crippen MR) is 182 cm³/mol. The van der Waals surface area contributed by atoms with E-state index in [1.165, 1.54) is 19.8 Å². The molecule has 9 rings (SSSR count). The molecule has 0 spiro atoms. The fraction of sp³-hybridized carbons (Fsp3) is 0.200. The first-order valence-electron chi connectivity index (χ1n) is 14.9. The first-order chi connectivity index (χ1) is 23.3. The number of aromatic nitrogens is 12. The SMILES string of the molecule is CC.CC.CC.[CH2-]c1nc2ccoc2c2nc(N)nn12.[CH2-]c1nc2cocc2c2nc(N)nn12.[CH2-]c1nc2occc2c2nc(N)nn12.[W].[W].[W]. The Labute approximate surface area is 335 Å². The molecule has 0 radical (unpaired) electrons. The monoisotopic (exact) mass is 1210 g/mol. The number of furan rings is 3. The van der Waals surface area contributed by atoms with Crippen LogP contribution < -0.4 is 17.2 Å². The van der Waals surface area contributed by atoms with E-state index in [4.69, 9.17) is 30.5 Å². The van der Waals surface area contributed by atoms with E-state index < -0.39 is 0 Å². The van der Waals surface area contributed by atoms with Crippen molar-refractivity contribution in [1.29, 1.82) is 0 Å². The van der Waals surface area contributed by atoms with Crippen molar-refractivity contribution < 1.29 is 76.4 Å². The smallest absolute Gasteiger partial charge is 0.240 e. The largest absolute Gasteiger partial charge is 0.469 e. The number of hydrogen-bond acceptors (Lipinski definition) is 15. The van der Waals surface area contributed by atoms with Crippen molar-refractivity contribution in [3.63, 3.8) is 0 Å². The summed E-state index contributed by atoms with van der Waals surface area (Å²) in [5.74, 6) is 2.00. The molecule has 18 nitrogen and oxygen atoms in total. The molecule has 21 heteroatoms. The molecule has 0 saturated carbocycles. The summed E-state index contributed by atoms with van der Waals surface area (Å²) in [7, 11) is 0. The second-order valence-corrected chi connectivity index (χ2v) is 8.65. The van der Waals surface area contributed by atoms with Crippen LogP contribution in [0.4, 0.5) is 17.8 Å². The fourth-order valence-corrected chi connectivity index (χ4v) is 4.22. The Hall–Kier alpha value is -4.66. The summed E-state index contributed by atoms with van der Waals surface area (Å²) in [4.78, 5) is 24.6. The number of nitrogens with zero attached hydrogens (tertiary/aromatic N) is 12. The number of fused-ring (bicyclic) bond motifs is 9. The Kier molecular flexibility index (Phi) is 17.1. The molecule has 0 aliphatic carbocycles. The summed E-state index contributed by atoms with van der Waals surface area (Å²) in [6, 6.07) is 3.51. The molecule has 0 aliphatic rings. The maximum Gasteiger partial charge on any atom is 0.240 e. The molecular formula is C30H36N15O3W3-3. The van der Waals surface area contributed by atoms with Gasteiger partial charge in [-0.2, -0.15) is 15.0 Å². The van der Waals surface area contributed by atoms with E-state index in [-0.39, 0.29) is 81.0 Å². The third-order valence-corrected chi connectivity index (χ3v) is 5.95. The molecule has 9 aromatic rings. The Morgan fingerprint density at radius 1 is 0.529 bits per heavy atom. The van der Waals surface area contributed by atoms with Crippen molar-refractivity contribution >= 4 is 67.9 Å². The summed E-state index contributed by atoms with van der Waals surface area (Å²) in [5.41, 5.74) is 20.7. The maximum atomic E-state index is 5.49. The van der Waals surface area contributed by atoms with Crippen LogP contribution in [0.2, 0.25) is 0 Å². The van der Waals surface area contributed by atoms with Crippen LogP contribution in [0.5, 0.6) is 0 Å². The van der Waals surface area contributed by atoms with Gasteiger partial charge in [0.15, 0.2) is 16.9 Å². The maximum absolute atomic E-state index is 5.49. The average Bonchev–Trinajstić information content (AvgIpc) is 3.93. The van der Waals surface area contributed by atoms with E-state index >= 15 is 0 Å². The van der Waals surface area contributed by atoms with Crippen LogP contribution in [0, 0.1) is 20.8 Å². The molecule has 270 valence electrons. The predicted octanol–water partition coefficient (Wildman–Crippen LogP) is 4.98. The number of nitrogens with two attached hydrogens (primary N) is 3. The second kappa shape index (κ2) is 19.7. The first-order valence-corrected chi connectivity index (χ1v) is 14.9. The molecule has 0 saturated heterocycles. The number of rotatable bonds is 0. The summed E-state index contributed by atoms with van der Waals surface area (Å²) in [5, 5.41) is 13.4. The van der Waals surface area contributed by atoms with Crippen LogP contribution in [0.15, 0.2) is 50.4 Å². The summed E-state index contributed by atoms with van der Waals surface area (Å²) in [6.45, 7) is 23.2. The van der Waals surface area contributed by atoms with Crippen LogP contribution in [-0.2, 0) is 63.2 Å². The van der Waals surface area contributed by atoms with Crippen LogP contribution in [-0.4, -0.2) is 58.7 Å². The third kappa shape index (κ3) is 8.99. The molecule has 0 atom stereocenters. The molecule has 0 fully saturated rings. The van der Waals surface area contributed by atoms with Gasteiger partial charge in [-0.05, 0) is 23.5 Å². The van der Waals surface area contributed by atoms with E-state index in [0.717, 1.165) is 10.8 Å². The second-order valence-electron chi connectivity index (χ2n) is 8.65. The van der Waals surface area contributed by atoms with Crippen LogP contribution in [0.1, 0.15) is 59.0 Å². The van der Waals surface area contributed by atoms with Gasteiger partial charge in [0, 0.05) is 69.3 Å². The standard InChI is InChI=1S/3C8H6N5O.3C2H6.3W/c1-4-10-6-3-14-2-5(6)7-11-8(9)12-13(4)7;1-4-10-5-2-3-14-6(5)7-11-8(9)12-13(4)7;1-4-10-7-5(2-3-14-7)6-11-8(9)12-13(4)6;3*1-2;;;/h3*2-3H,1H2,(H2,9,12);3*1-2H3;;;/q3*-1;;;;;;. The van der Waals surface area contributed by atoms with E-state index in [9.17, 15) is 0 Å². The molecule has 9 heterocycles. The molecule has 9 aromatic heterocycles. The summed E-state index contributed by atoms with van der Waals surface area (Å²) in [6.07, 6.45) is 6.18. The molecular weight excluding hydrogens is 1170 g/mol. The number of hydrogen-bond donors (Lipinski definition) is 3. The molecule has 0 bridgehead atoms. The normalized spacial score (nSPS) is 9.76. The zero-order chi connectivity index (χ0) is 35.1. The first kappa shape index (κ1) is 44.4. The third-order valence-electron chi connectivity index (χ3n) is 5.95. The fourth-order valence-electron chi connectivity index (χ4n) is 4.22. The van der Waals surface area contributed by atoms with E-state index in [1.54, 1.807) is 30.9 Å². The van der Waals surface area contributed by atoms with E-state index in [2.05, 4.69) is 66.0 Å². The minimum atomic E-state index is 0. The van der Waals surface area contributed by atoms with Crippen LogP contribution in [0.3, 0.4) is 0 Å². The average molecular weight is 1210 g/mol. The number of nitrogen functional groups attached to an aromatic ring is 3. The molecule has 0 aromatic carbocycles. The minimum absolute atomic E-state index is 0. The summed E-state index contributed by atoms with van der Waals surface area (Å²) < 4.78 is 19.8. The van der Waals surface area contributed by atoms with E-state index in [0.29, 0.717) is 56.7 Å². The zero-order valence-corrected chi connectivity index (χ0v) is 37.4. The van der Waals surface area contributed by atoms with Crippen molar-refractivity contribution in [2.75, 3.05) is 17.2 Å². The van der Waals surface area contributed by atoms with Gasteiger partial charge >= 0.3 is 0 Å². The van der Waals surface area contributed by atoms with E-state index in [1.807, 2.05) is 41.5 Å². The molecule has 0 aliphatic heterocycles. The van der Waals surface area contributed by atoms with Crippen LogP contribution in [0.25, 0.3) is 50.0 Å². The van der Waals surface area contributed by atoms with Gasteiger partial charge in [0.2, 0.25) is 29.2 Å². The summed E-state index contributed by atoms with van der Waals surface area (Å²) >= 11 is 0. The Balaban J connectivity index is 0.000000346. The van der Waals surface area contributed by atoms with Gasteiger partial charge in [0.05, 0.1) is 23.3 Å². The van der Waals surface area contributed by atoms with Gasteiger partial charge in [-0.1, -0.05) is 41.5 Å². The van der Waals surface area contributed by atoms with Crippen molar-refractivity contribution in [1.82, 2.24) is 58.7 Å². The van der Waals surface area contributed by atoms with Gasteiger partial charge in [-0.25, -0.2) is 18.5 Å². The Morgan fingerprint density at radius 3 is 1.55 bits per heavy atom.